The Hall–Kier alpha value is -0.170. The molecule has 0 aromatic carbocycles. The Morgan fingerprint density at radius 2 is 2.25 bits per heavy atom. The van der Waals surface area contributed by atoms with Crippen LogP contribution in [0.2, 0.25) is 0 Å². The lowest BCUT2D eigenvalue weighted by Gasteiger charge is -2.05. The molecule has 0 N–H and O–H groups in total. The van der Waals surface area contributed by atoms with Crippen LogP contribution in [0, 0.1) is 0 Å². The van der Waals surface area contributed by atoms with E-state index in [0.717, 1.165) is 6.42 Å². The Kier molecular flexibility index (Phi) is 1.79. The molecule has 0 nitrogen and oxygen atoms in total. The van der Waals surface area contributed by atoms with Crippen LogP contribution in [-0.2, 0) is 0 Å². The zero-order chi connectivity index (χ0) is 5.98. The summed E-state index contributed by atoms with van der Waals surface area (Å²) in [6.45, 7) is 4.36. The molecular formula is C7H10S. The Balaban J connectivity index is 2.67. The lowest BCUT2D eigenvalue weighted by Crippen LogP contribution is -1.80. The van der Waals surface area contributed by atoms with Crippen molar-refractivity contribution in [1.29, 1.82) is 0 Å². The van der Waals surface area contributed by atoms with Crippen molar-refractivity contribution in [3.63, 3.8) is 0 Å². The maximum Gasteiger partial charge on any atom is -0.0122 e. The molecule has 0 aromatic rings. The van der Waals surface area contributed by atoms with Gasteiger partial charge >= 0.3 is 0 Å². The summed E-state index contributed by atoms with van der Waals surface area (Å²) in [5.74, 6) is 0. The topological polar surface area (TPSA) is 0 Å². The van der Waals surface area contributed by atoms with E-state index in [4.69, 9.17) is 0 Å². The molecule has 0 radical (unpaired) electrons. The third-order valence-electron chi connectivity index (χ3n) is 1.37. The third-order valence-corrected chi connectivity index (χ3v) is 2.40. The van der Waals surface area contributed by atoms with Gasteiger partial charge in [0.1, 0.15) is 0 Å². The van der Waals surface area contributed by atoms with E-state index < -0.39 is 0 Å². The summed E-state index contributed by atoms with van der Waals surface area (Å²) in [6.07, 6.45) is 3.35. The second-order valence-corrected chi connectivity index (χ2v) is 3.15. The highest BCUT2D eigenvalue weighted by Gasteiger charge is 1.97. The molecular weight excluding hydrogens is 116 g/mol. The zero-order valence-corrected chi connectivity index (χ0v) is 6.09. The molecule has 1 heteroatoms. The highest BCUT2D eigenvalue weighted by Crippen LogP contribution is 2.26. The van der Waals surface area contributed by atoms with Gasteiger partial charge in [-0.3, -0.25) is 0 Å². The average Bonchev–Trinajstić information content (AvgIpc) is 1.77. The summed E-state index contributed by atoms with van der Waals surface area (Å²) in [5.41, 5.74) is 1.51. The lowest BCUT2D eigenvalue weighted by molar-refractivity contribution is 1.18. The summed E-state index contributed by atoms with van der Waals surface area (Å²) in [4.78, 5) is 1.47. The molecule has 8 heavy (non-hydrogen) atoms. The number of hydrogen-bond acceptors (Lipinski definition) is 1. The Morgan fingerprint density at radius 1 is 1.50 bits per heavy atom. The van der Waals surface area contributed by atoms with E-state index in [1.165, 1.54) is 10.5 Å². The van der Waals surface area contributed by atoms with Crippen molar-refractivity contribution in [2.75, 3.05) is 0 Å². The van der Waals surface area contributed by atoms with Gasteiger partial charge in [-0.15, -0.1) is 11.8 Å². The van der Waals surface area contributed by atoms with Gasteiger partial charge in [0.05, 0.1) is 0 Å². The van der Waals surface area contributed by atoms with Crippen molar-refractivity contribution < 1.29 is 0 Å². The van der Waals surface area contributed by atoms with Gasteiger partial charge in [0, 0.05) is 0 Å². The van der Waals surface area contributed by atoms with Gasteiger partial charge < -0.3 is 0 Å². The summed E-state index contributed by atoms with van der Waals surface area (Å²) < 4.78 is 0. The van der Waals surface area contributed by atoms with Crippen molar-refractivity contribution in [2.45, 2.75) is 20.3 Å². The molecule has 0 atom stereocenters. The maximum atomic E-state index is 2.20. The molecule has 1 rings (SSSR count). The molecule has 0 saturated carbocycles. The van der Waals surface area contributed by atoms with Crippen molar-refractivity contribution in [1.82, 2.24) is 0 Å². The van der Waals surface area contributed by atoms with Crippen molar-refractivity contribution in [3.8, 4) is 0 Å². The molecule has 44 valence electrons. The third kappa shape index (κ3) is 1.16. The van der Waals surface area contributed by atoms with Gasteiger partial charge in [-0.25, -0.2) is 0 Å². The zero-order valence-electron chi connectivity index (χ0n) is 5.27. The number of rotatable bonds is 0. The first-order valence-electron chi connectivity index (χ1n) is 2.78. The SMILES string of the molecule is CC1=C(C)SC=CC1. The second-order valence-electron chi connectivity index (χ2n) is 2.03. The highest BCUT2D eigenvalue weighted by molar-refractivity contribution is 8.05. The minimum atomic E-state index is 1.15. The predicted molar refractivity (Wildman–Crippen MR) is 39.7 cm³/mol. The van der Waals surface area contributed by atoms with E-state index in [1.54, 1.807) is 0 Å². The summed E-state index contributed by atoms with van der Waals surface area (Å²) in [6, 6.07) is 0. The van der Waals surface area contributed by atoms with Crippen LogP contribution in [0.15, 0.2) is 22.0 Å². The van der Waals surface area contributed by atoms with Gasteiger partial charge in [-0.1, -0.05) is 11.6 Å². The molecule has 1 aliphatic rings. The van der Waals surface area contributed by atoms with E-state index in [-0.39, 0.29) is 0 Å². The van der Waals surface area contributed by atoms with Gasteiger partial charge in [0.15, 0.2) is 0 Å². The average molecular weight is 126 g/mol. The molecule has 0 aliphatic carbocycles. The van der Waals surface area contributed by atoms with Gasteiger partial charge in [0.2, 0.25) is 0 Å². The van der Waals surface area contributed by atoms with E-state index in [2.05, 4.69) is 25.3 Å². The van der Waals surface area contributed by atoms with Crippen LogP contribution in [-0.4, -0.2) is 0 Å². The van der Waals surface area contributed by atoms with Gasteiger partial charge in [0.25, 0.3) is 0 Å². The molecule has 0 amide bonds. The molecule has 1 aliphatic heterocycles. The van der Waals surface area contributed by atoms with Crippen molar-refractivity contribution in [2.24, 2.45) is 0 Å². The lowest BCUT2D eigenvalue weighted by atomic mass is 10.2. The number of thioether (sulfide) groups is 1. The van der Waals surface area contributed by atoms with Gasteiger partial charge in [-0.05, 0) is 30.6 Å². The molecule has 0 bridgehead atoms. The standard InChI is InChI=1S/C7H10S/c1-6-4-3-5-8-7(6)2/h3,5H,4H2,1-2H3. The molecule has 0 saturated heterocycles. The van der Waals surface area contributed by atoms with E-state index in [1.807, 2.05) is 11.8 Å². The number of allylic oxidation sites excluding steroid dienone is 3. The first-order chi connectivity index (χ1) is 3.80. The first kappa shape index (κ1) is 5.96. The molecule has 0 fully saturated rings. The van der Waals surface area contributed by atoms with E-state index in [0.29, 0.717) is 0 Å². The van der Waals surface area contributed by atoms with Gasteiger partial charge in [-0.2, -0.15) is 0 Å². The molecule has 1 heterocycles. The molecule has 0 aromatic heterocycles. The predicted octanol–water partition coefficient (Wildman–Crippen LogP) is 2.93. The molecule has 0 unspecified atom stereocenters. The maximum absolute atomic E-state index is 2.20. The normalized spacial score (nSPS) is 19.8. The van der Waals surface area contributed by atoms with Crippen LogP contribution in [0.1, 0.15) is 20.3 Å². The van der Waals surface area contributed by atoms with E-state index >= 15 is 0 Å². The fraction of sp³-hybridized carbons (Fsp3) is 0.429. The monoisotopic (exact) mass is 126 g/mol. The smallest absolute Gasteiger partial charge is 0.0122 e. The Bertz CT molecular complexity index is 126. The second kappa shape index (κ2) is 2.40. The molecule has 0 spiro atoms. The summed E-state index contributed by atoms with van der Waals surface area (Å²) >= 11 is 1.83. The van der Waals surface area contributed by atoms with Crippen LogP contribution in [0.3, 0.4) is 0 Å². The van der Waals surface area contributed by atoms with Crippen molar-refractivity contribution >= 4 is 11.8 Å². The first-order valence-corrected chi connectivity index (χ1v) is 3.66. The highest BCUT2D eigenvalue weighted by atomic mass is 32.2. The summed E-state index contributed by atoms with van der Waals surface area (Å²) in [5, 5.41) is 2.16. The number of hydrogen-bond donors (Lipinski definition) is 0. The summed E-state index contributed by atoms with van der Waals surface area (Å²) in [7, 11) is 0. The van der Waals surface area contributed by atoms with Crippen LogP contribution in [0.25, 0.3) is 0 Å². The Morgan fingerprint density at radius 3 is 2.62 bits per heavy atom. The fourth-order valence-corrected chi connectivity index (χ4v) is 1.30. The van der Waals surface area contributed by atoms with Crippen LogP contribution >= 0.6 is 11.8 Å². The quantitative estimate of drug-likeness (QED) is 0.481. The largest absolute Gasteiger partial charge is 0.103 e. The Labute approximate surface area is 54.7 Å². The minimum Gasteiger partial charge on any atom is -0.103 e. The van der Waals surface area contributed by atoms with Crippen LogP contribution in [0.4, 0.5) is 0 Å². The van der Waals surface area contributed by atoms with E-state index in [9.17, 15) is 0 Å². The van der Waals surface area contributed by atoms with Crippen molar-refractivity contribution in [3.05, 3.63) is 22.0 Å². The minimum absolute atomic E-state index is 1.15. The fourth-order valence-electron chi connectivity index (χ4n) is 0.619. The van der Waals surface area contributed by atoms with Crippen LogP contribution < -0.4 is 0 Å². The van der Waals surface area contributed by atoms with Crippen LogP contribution in [0.5, 0.6) is 0 Å².